The molecule has 5 nitrogen and oxygen atoms in total. The number of aromatic hydroxyl groups is 1. The fraction of sp³-hybridized carbons (Fsp3) is 0. The van der Waals surface area contributed by atoms with Crippen molar-refractivity contribution in [3.05, 3.63) is 59.2 Å². The number of halogens is 1. The van der Waals surface area contributed by atoms with Crippen molar-refractivity contribution in [2.24, 2.45) is 0 Å². The Bertz CT molecular complexity index is 880. The molecule has 0 saturated heterocycles. The van der Waals surface area contributed by atoms with Gasteiger partial charge >= 0.3 is 5.97 Å². The van der Waals surface area contributed by atoms with Gasteiger partial charge < -0.3 is 15.5 Å². The van der Waals surface area contributed by atoms with E-state index in [2.05, 4.69) is 10.3 Å². The number of aromatic carboxylic acids is 1. The molecule has 0 saturated carbocycles. The van der Waals surface area contributed by atoms with Gasteiger partial charge in [-0.2, -0.15) is 0 Å². The van der Waals surface area contributed by atoms with Crippen LogP contribution in [0.25, 0.3) is 10.8 Å². The molecule has 0 unspecified atom stereocenters. The summed E-state index contributed by atoms with van der Waals surface area (Å²) in [4.78, 5) is 15.5. The first kappa shape index (κ1) is 14.2. The van der Waals surface area contributed by atoms with E-state index in [1.54, 1.807) is 30.3 Å². The summed E-state index contributed by atoms with van der Waals surface area (Å²) in [6.45, 7) is 0. The second kappa shape index (κ2) is 5.54. The number of benzene rings is 2. The molecular formula is C16H11ClN2O3. The SMILES string of the molecule is O=C(O)c1cccc2c(Nc3cc(Cl)ccc3O)nccc12. The Hall–Kier alpha value is -2.79. The number of phenols is 1. The molecular weight excluding hydrogens is 304 g/mol. The number of carboxylic acid groups (broad SMARTS) is 1. The maximum absolute atomic E-state index is 11.3. The molecule has 110 valence electrons. The van der Waals surface area contributed by atoms with Crippen LogP contribution in [-0.2, 0) is 0 Å². The van der Waals surface area contributed by atoms with Crippen LogP contribution in [0.5, 0.6) is 5.75 Å². The van der Waals surface area contributed by atoms with Gasteiger partial charge in [-0.3, -0.25) is 0 Å². The van der Waals surface area contributed by atoms with E-state index in [0.29, 0.717) is 27.3 Å². The average Bonchev–Trinajstić information content (AvgIpc) is 2.50. The van der Waals surface area contributed by atoms with Gasteiger partial charge in [0.05, 0.1) is 11.3 Å². The molecule has 2 aromatic carbocycles. The first-order valence-electron chi connectivity index (χ1n) is 6.43. The molecule has 0 atom stereocenters. The van der Waals surface area contributed by atoms with Crippen LogP contribution in [0.15, 0.2) is 48.7 Å². The molecule has 0 spiro atoms. The fourth-order valence-electron chi connectivity index (χ4n) is 2.23. The molecule has 3 aromatic rings. The summed E-state index contributed by atoms with van der Waals surface area (Å²) in [5.41, 5.74) is 0.589. The van der Waals surface area contributed by atoms with Gasteiger partial charge in [0.1, 0.15) is 11.6 Å². The highest BCUT2D eigenvalue weighted by molar-refractivity contribution is 6.31. The molecule has 0 aliphatic rings. The lowest BCUT2D eigenvalue weighted by Gasteiger charge is -2.11. The number of nitrogens with zero attached hydrogens (tertiary/aromatic N) is 1. The van der Waals surface area contributed by atoms with Crippen molar-refractivity contribution >= 4 is 39.8 Å². The second-order valence-electron chi connectivity index (χ2n) is 4.65. The van der Waals surface area contributed by atoms with E-state index in [0.717, 1.165) is 0 Å². The second-order valence-corrected chi connectivity index (χ2v) is 5.09. The summed E-state index contributed by atoms with van der Waals surface area (Å²) >= 11 is 5.92. The van der Waals surface area contributed by atoms with Gasteiger partial charge in [0.2, 0.25) is 0 Å². The van der Waals surface area contributed by atoms with Crippen molar-refractivity contribution in [1.29, 1.82) is 0 Å². The molecule has 0 amide bonds. The number of rotatable bonds is 3. The van der Waals surface area contributed by atoms with E-state index >= 15 is 0 Å². The largest absolute Gasteiger partial charge is 0.506 e. The van der Waals surface area contributed by atoms with Crippen molar-refractivity contribution in [3.8, 4) is 5.75 Å². The number of carboxylic acids is 1. The lowest BCUT2D eigenvalue weighted by molar-refractivity contribution is 0.0699. The molecule has 3 N–H and O–H groups in total. The maximum Gasteiger partial charge on any atom is 0.336 e. The summed E-state index contributed by atoms with van der Waals surface area (Å²) in [7, 11) is 0. The zero-order valence-corrected chi connectivity index (χ0v) is 12.0. The van der Waals surface area contributed by atoms with Crippen molar-refractivity contribution in [3.63, 3.8) is 0 Å². The maximum atomic E-state index is 11.3. The van der Waals surface area contributed by atoms with Crippen LogP contribution in [0, 0.1) is 0 Å². The van der Waals surface area contributed by atoms with Crippen LogP contribution in [0.3, 0.4) is 0 Å². The Morgan fingerprint density at radius 2 is 1.95 bits per heavy atom. The third-order valence-electron chi connectivity index (χ3n) is 3.25. The molecule has 1 heterocycles. The third-order valence-corrected chi connectivity index (χ3v) is 3.48. The Labute approximate surface area is 130 Å². The standard InChI is InChI=1S/C16H11ClN2O3/c17-9-4-5-14(20)13(8-9)19-15-11-2-1-3-12(16(21)22)10(11)6-7-18-15/h1-8,20H,(H,18,19)(H,21,22). The van der Waals surface area contributed by atoms with Crippen LogP contribution >= 0.6 is 11.6 Å². The van der Waals surface area contributed by atoms with E-state index in [4.69, 9.17) is 11.6 Å². The molecule has 3 rings (SSSR count). The molecule has 6 heteroatoms. The Morgan fingerprint density at radius 1 is 1.14 bits per heavy atom. The minimum absolute atomic E-state index is 0.0255. The smallest absolute Gasteiger partial charge is 0.336 e. The van der Waals surface area contributed by atoms with Gasteiger partial charge in [0, 0.05) is 22.0 Å². The number of aromatic nitrogens is 1. The highest BCUT2D eigenvalue weighted by Gasteiger charge is 2.12. The lowest BCUT2D eigenvalue weighted by Crippen LogP contribution is -2.00. The molecule has 0 aliphatic carbocycles. The number of carbonyl (C=O) groups is 1. The summed E-state index contributed by atoms with van der Waals surface area (Å²) in [6.07, 6.45) is 1.51. The summed E-state index contributed by atoms with van der Waals surface area (Å²) in [5.74, 6) is -0.538. The predicted octanol–water partition coefficient (Wildman–Crippen LogP) is 4.04. The topological polar surface area (TPSA) is 82.5 Å². The number of hydrogen-bond donors (Lipinski definition) is 3. The molecule has 0 fully saturated rings. The average molecular weight is 315 g/mol. The monoisotopic (exact) mass is 314 g/mol. The molecule has 0 aliphatic heterocycles. The summed E-state index contributed by atoms with van der Waals surface area (Å²) in [5, 5.41) is 23.8. The van der Waals surface area contributed by atoms with Gasteiger partial charge in [0.15, 0.2) is 0 Å². The van der Waals surface area contributed by atoms with Crippen LogP contribution in [0.2, 0.25) is 5.02 Å². The van der Waals surface area contributed by atoms with Crippen molar-refractivity contribution in [1.82, 2.24) is 4.98 Å². The van der Waals surface area contributed by atoms with E-state index in [1.807, 2.05) is 0 Å². The Balaban J connectivity index is 2.14. The molecule has 0 bridgehead atoms. The van der Waals surface area contributed by atoms with E-state index in [1.165, 1.54) is 18.3 Å². The Kier molecular flexibility index (Phi) is 3.56. The normalized spacial score (nSPS) is 10.6. The van der Waals surface area contributed by atoms with Crippen LogP contribution in [0.1, 0.15) is 10.4 Å². The highest BCUT2D eigenvalue weighted by atomic mass is 35.5. The number of hydrogen-bond acceptors (Lipinski definition) is 4. The number of pyridine rings is 1. The quantitative estimate of drug-likeness (QED) is 0.636. The van der Waals surface area contributed by atoms with Crippen LogP contribution < -0.4 is 5.32 Å². The minimum atomic E-state index is -1.01. The fourth-order valence-corrected chi connectivity index (χ4v) is 2.40. The van der Waals surface area contributed by atoms with Gasteiger partial charge in [-0.15, -0.1) is 0 Å². The van der Waals surface area contributed by atoms with Gasteiger partial charge in [-0.05, 0) is 30.3 Å². The molecule has 22 heavy (non-hydrogen) atoms. The Morgan fingerprint density at radius 3 is 2.73 bits per heavy atom. The number of phenolic OH excluding ortho intramolecular Hbond substituents is 1. The van der Waals surface area contributed by atoms with Gasteiger partial charge in [0.25, 0.3) is 0 Å². The first-order chi connectivity index (χ1) is 10.6. The number of fused-ring (bicyclic) bond motifs is 1. The molecule has 1 aromatic heterocycles. The number of nitrogens with one attached hydrogen (secondary N) is 1. The predicted molar refractivity (Wildman–Crippen MR) is 85.1 cm³/mol. The van der Waals surface area contributed by atoms with E-state index in [9.17, 15) is 15.0 Å². The molecule has 0 radical (unpaired) electrons. The van der Waals surface area contributed by atoms with Gasteiger partial charge in [-0.1, -0.05) is 23.7 Å². The van der Waals surface area contributed by atoms with Crippen LogP contribution in [-0.4, -0.2) is 21.2 Å². The highest BCUT2D eigenvalue weighted by Crippen LogP contribution is 2.32. The van der Waals surface area contributed by atoms with E-state index < -0.39 is 5.97 Å². The third kappa shape index (κ3) is 2.54. The van der Waals surface area contributed by atoms with Crippen LogP contribution in [0.4, 0.5) is 11.5 Å². The zero-order chi connectivity index (χ0) is 15.7. The summed E-state index contributed by atoms with van der Waals surface area (Å²) in [6, 6.07) is 11.2. The van der Waals surface area contributed by atoms with Gasteiger partial charge in [-0.25, -0.2) is 9.78 Å². The van der Waals surface area contributed by atoms with Crippen molar-refractivity contribution in [2.75, 3.05) is 5.32 Å². The first-order valence-corrected chi connectivity index (χ1v) is 6.80. The zero-order valence-electron chi connectivity index (χ0n) is 11.2. The van der Waals surface area contributed by atoms with Crippen molar-refractivity contribution < 1.29 is 15.0 Å². The number of anilines is 2. The summed E-state index contributed by atoms with van der Waals surface area (Å²) < 4.78 is 0. The lowest BCUT2D eigenvalue weighted by atomic mass is 10.1. The minimum Gasteiger partial charge on any atom is -0.506 e. The van der Waals surface area contributed by atoms with E-state index in [-0.39, 0.29) is 11.3 Å². The van der Waals surface area contributed by atoms with Crippen molar-refractivity contribution in [2.45, 2.75) is 0 Å².